The molecule has 2 aromatic rings. The molecule has 1 fully saturated rings. The van der Waals surface area contributed by atoms with Gasteiger partial charge in [0.05, 0.1) is 11.9 Å². The summed E-state index contributed by atoms with van der Waals surface area (Å²) in [6.07, 6.45) is 6.56. The summed E-state index contributed by atoms with van der Waals surface area (Å²) in [5.41, 5.74) is 1.79. The molecule has 2 aromatic heterocycles. The predicted molar refractivity (Wildman–Crippen MR) is 75.2 cm³/mol. The number of hydrogen-bond acceptors (Lipinski definition) is 6. The molecule has 1 saturated heterocycles. The highest BCUT2D eigenvalue weighted by Gasteiger charge is 2.18. The van der Waals surface area contributed by atoms with Crippen molar-refractivity contribution in [1.82, 2.24) is 25.1 Å². The molecule has 0 aliphatic carbocycles. The van der Waals surface area contributed by atoms with E-state index in [9.17, 15) is 0 Å². The van der Waals surface area contributed by atoms with Crippen LogP contribution >= 0.6 is 0 Å². The van der Waals surface area contributed by atoms with Crippen molar-refractivity contribution in [2.75, 3.05) is 18.4 Å². The zero-order valence-corrected chi connectivity index (χ0v) is 11.6. The molecule has 1 aliphatic heterocycles. The summed E-state index contributed by atoms with van der Waals surface area (Å²) in [5.74, 6) is 1.16. The standard InChI is InChI=1S/C13H18N6O/c1-9-5-15-13(17-10-6-16-19(2)8-10)18-12(9)20-11-3-4-14-7-11/h5-6,8,11,14H,3-4,7H2,1-2H3,(H,15,17,18). The van der Waals surface area contributed by atoms with Gasteiger partial charge in [-0.3, -0.25) is 4.68 Å². The minimum atomic E-state index is 0.190. The summed E-state index contributed by atoms with van der Waals surface area (Å²) in [7, 11) is 1.86. The highest BCUT2D eigenvalue weighted by molar-refractivity contribution is 5.51. The van der Waals surface area contributed by atoms with Gasteiger partial charge in [-0.1, -0.05) is 0 Å². The Morgan fingerprint density at radius 1 is 1.45 bits per heavy atom. The van der Waals surface area contributed by atoms with E-state index in [1.165, 1.54) is 0 Å². The van der Waals surface area contributed by atoms with Crippen LogP contribution in [0.15, 0.2) is 18.6 Å². The van der Waals surface area contributed by atoms with Crippen LogP contribution in [0.2, 0.25) is 0 Å². The molecule has 0 aromatic carbocycles. The Kier molecular flexibility index (Phi) is 3.51. The fourth-order valence-corrected chi connectivity index (χ4v) is 2.11. The van der Waals surface area contributed by atoms with E-state index in [1.54, 1.807) is 17.1 Å². The third kappa shape index (κ3) is 2.88. The van der Waals surface area contributed by atoms with Crippen molar-refractivity contribution in [3.8, 4) is 5.88 Å². The molecule has 0 radical (unpaired) electrons. The molecule has 0 spiro atoms. The van der Waals surface area contributed by atoms with Gasteiger partial charge in [-0.05, 0) is 19.9 Å². The van der Waals surface area contributed by atoms with Crippen LogP contribution in [0, 0.1) is 6.92 Å². The van der Waals surface area contributed by atoms with Crippen LogP contribution < -0.4 is 15.4 Å². The lowest BCUT2D eigenvalue weighted by atomic mass is 10.3. The average Bonchev–Trinajstić information content (AvgIpc) is 3.06. The molecule has 0 bridgehead atoms. The Labute approximate surface area is 117 Å². The van der Waals surface area contributed by atoms with E-state index in [1.807, 2.05) is 20.2 Å². The van der Waals surface area contributed by atoms with Crippen molar-refractivity contribution in [3.05, 3.63) is 24.2 Å². The van der Waals surface area contributed by atoms with Crippen LogP contribution in [0.4, 0.5) is 11.6 Å². The second-order valence-electron chi connectivity index (χ2n) is 4.94. The molecule has 2 N–H and O–H groups in total. The van der Waals surface area contributed by atoms with Crippen molar-refractivity contribution >= 4 is 11.6 Å². The second-order valence-corrected chi connectivity index (χ2v) is 4.94. The van der Waals surface area contributed by atoms with Gasteiger partial charge in [0.15, 0.2) is 0 Å². The average molecular weight is 274 g/mol. The Bertz CT molecular complexity index is 590. The molecule has 0 amide bonds. The lowest BCUT2D eigenvalue weighted by Gasteiger charge is -2.14. The molecule has 0 saturated carbocycles. The maximum Gasteiger partial charge on any atom is 0.230 e. The van der Waals surface area contributed by atoms with E-state index in [4.69, 9.17) is 4.74 Å². The van der Waals surface area contributed by atoms with Gasteiger partial charge in [0.1, 0.15) is 6.10 Å². The zero-order chi connectivity index (χ0) is 13.9. The van der Waals surface area contributed by atoms with E-state index in [0.29, 0.717) is 11.8 Å². The minimum absolute atomic E-state index is 0.190. The first-order chi connectivity index (χ1) is 9.70. The Morgan fingerprint density at radius 2 is 2.35 bits per heavy atom. The fourth-order valence-electron chi connectivity index (χ4n) is 2.11. The number of hydrogen-bond donors (Lipinski definition) is 2. The van der Waals surface area contributed by atoms with E-state index in [2.05, 4.69) is 25.7 Å². The molecule has 1 atom stereocenters. The van der Waals surface area contributed by atoms with Gasteiger partial charge >= 0.3 is 0 Å². The van der Waals surface area contributed by atoms with Crippen molar-refractivity contribution in [2.24, 2.45) is 7.05 Å². The number of ether oxygens (including phenoxy) is 1. The van der Waals surface area contributed by atoms with Crippen molar-refractivity contribution in [1.29, 1.82) is 0 Å². The van der Waals surface area contributed by atoms with Crippen LogP contribution in [0.25, 0.3) is 0 Å². The van der Waals surface area contributed by atoms with Crippen LogP contribution in [0.1, 0.15) is 12.0 Å². The molecule has 3 rings (SSSR count). The third-order valence-corrected chi connectivity index (χ3v) is 3.18. The molecule has 1 unspecified atom stereocenters. The van der Waals surface area contributed by atoms with E-state index < -0.39 is 0 Å². The first-order valence-corrected chi connectivity index (χ1v) is 6.67. The number of rotatable bonds is 4. The molecular weight excluding hydrogens is 256 g/mol. The van der Waals surface area contributed by atoms with Gasteiger partial charge in [0.25, 0.3) is 0 Å². The van der Waals surface area contributed by atoms with Crippen molar-refractivity contribution in [3.63, 3.8) is 0 Å². The summed E-state index contributed by atoms with van der Waals surface area (Å²) in [6.45, 7) is 3.82. The number of aromatic nitrogens is 4. The lowest BCUT2D eigenvalue weighted by molar-refractivity contribution is 0.212. The summed E-state index contributed by atoms with van der Waals surface area (Å²) in [6, 6.07) is 0. The fraction of sp³-hybridized carbons (Fsp3) is 0.462. The highest BCUT2D eigenvalue weighted by Crippen LogP contribution is 2.20. The van der Waals surface area contributed by atoms with E-state index >= 15 is 0 Å². The summed E-state index contributed by atoms with van der Waals surface area (Å²) >= 11 is 0. The van der Waals surface area contributed by atoms with Gasteiger partial charge in [-0.2, -0.15) is 10.1 Å². The second kappa shape index (κ2) is 5.46. The summed E-state index contributed by atoms with van der Waals surface area (Å²) < 4.78 is 7.64. The van der Waals surface area contributed by atoms with Gasteiger partial charge in [-0.15, -0.1) is 0 Å². The number of anilines is 2. The Morgan fingerprint density at radius 3 is 3.05 bits per heavy atom. The maximum absolute atomic E-state index is 5.92. The van der Waals surface area contributed by atoms with Gasteiger partial charge < -0.3 is 15.4 Å². The van der Waals surface area contributed by atoms with Gasteiger partial charge in [-0.25, -0.2) is 4.98 Å². The number of nitrogens with one attached hydrogen (secondary N) is 2. The molecule has 1 aliphatic rings. The van der Waals surface area contributed by atoms with E-state index in [-0.39, 0.29) is 6.10 Å². The SMILES string of the molecule is Cc1cnc(Nc2cnn(C)c2)nc1OC1CCNC1. The van der Waals surface area contributed by atoms with Crippen LogP contribution in [-0.4, -0.2) is 38.9 Å². The molecule has 106 valence electrons. The number of nitrogens with zero attached hydrogens (tertiary/aromatic N) is 4. The van der Waals surface area contributed by atoms with Crippen molar-refractivity contribution in [2.45, 2.75) is 19.4 Å². The Balaban J connectivity index is 1.75. The van der Waals surface area contributed by atoms with Gasteiger partial charge in [0.2, 0.25) is 11.8 Å². The van der Waals surface area contributed by atoms with E-state index in [0.717, 1.165) is 30.8 Å². The predicted octanol–water partition coefficient (Wildman–Crippen LogP) is 1.00. The first kappa shape index (κ1) is 12.9. The molecule has 20 heavy (non-hydrogen) atoms. The smallest absolute Gasteiger partial charge is 0.230 e. The summed E-state index contributed by atoms with van der Waals surface area (Å²) in [5, 5.41) is 10.5. The summed E-state index contributed by atoms with van der Waals surface area (Å²) in [4.78, 5) is 8.69. The first-order valence-electron chi connectivity index (χ1n) is 6.67. The number of aryl methyl sites for hydroxylation is 2. The molecular formula is C13H18N6O. The third-order valence-electron chi connectivity index (χ3n) is 3.18. The largest absolute Gasteiger partial charge is 0.473 e. The topological polar surface area (TPSA) is 76.9 Å². The minimum Gasteiger partial charge on any atom is -0.473 e. The monoisotopic (exact) mass is 274 g/mol. The van der Waals surface area contributed by atoms with Crippen molar-refractivity contribution < 1.29 is 4.74 Å². The normalized spacial score (nSPS) is 18.2. The molecule has 3 heterocycles. The highest BCUT2D eigenvalue weighted by atomic mass is 16.5. The Hall–Kier alpha value is -2.15. The quantitative estimate of drug-likeness (QED) is 0.866. The van der Waals surface area contributed by atoms with Crippen LogP contribution in [-0.2, 0) is 7.05 Å². The molecule has 7 heteroatoms. The maximum atomic E-state index is 5.92. The van der Waals surface area contributed by atoms with Crippen LogP contribution in [0.3, 0.4) is 0 Å². The lowest BCUT2D eigenvalue weighted by Crippen LogP contribution is -2.20. The zero-order valence-electron chi connectivity index (χ0n) is 11.6. The van der Waals surface area contributed by atoms with Gasteiger partial charge in [0, 0.05) is 31.5 Å². The molecule has 7 nitrogen and oxygen atoms in total. The van der Waals surface area contributed by atoms with Crippen LogP contribution in [0.5, 0.6) is 5.88 Å².